The minimum Gasteiger partial charge on any atom is -0.494 e. The Morgan fingerprint density at radius 2 is 1.83 bits per heavy atom. The third kappa shape index (κ3) is 2.44. The summed E-state index contributed by atoms with van der Waals surface area (Å²) in [6.45, 7) is 0. The van der Waals surface area contributed by atoms with E-state index in [0.717, 1.165) is 25.7 Å². The number of methoxy groups -OCH3 is 1. The molecule has 2 aromatic rings. The second kappa shape index (κ2) is 5.89. The van der Waals surface area contributed by atoms with E-state index in [-0.39, 0.29) is 29.8 Å². The van der Waals surface area contributed by atoms with Gasteiger partial charge in [-0.1, -0.05) is 0 Å². The molecule has 0 aliphatic carbocycles. The highest BCUT2D eigenvalue weighted by Gasteiger charge is 2.44. The molecule has 1 amide bonds. The van der Waals surface area contributed by atoms with Crippen LogP contribution in [-0.4, -0.2) is 45.0 Å². The summed E-state index contributed by atoms with van der Waals surface area (Å²) >= 11 is 0. The minimum atomic E-state index is -0.508. The number of piperidine rings is 1. The monoisotopic (exact) mass is 330 g/mol. The van der Waals surface area contributed by atoms with Gasteiger partial charge < -0.3 is 9.64 Å². The zero-order chi connectivity index (χ0) is 16.7. The van der Waals surface area contributed by atoms with Crippen LogP contribution in [0.5, 0.6) is 5.75 Å². The molecule has 1 aromatic heterocycles. The van der Waals surface area contributed by atoms with Crippen LogP contribution in [-0.2, 0) is 0 Å². The lowest BCUT2D eigenvalue weighted by atomic mass is 9.96. The summed E-state index contributed by atoms with van der Waals surface area (Å²) in [5.74, 6) is -0.458. The largest absolute Gasteiger partial charge is 0.494 e. The second-order valence-corrected chi connectivity index (χ2v) is 6.42. The Labute approximate surface area is 139 Å². The van der Waals surface area contributed by atoms with Gasteiger partial charge in [0, 0.05) is 17.6 Å². The van der Waals surface area contributed by atoms with Gasteiger partial charge in [0.05, 0.1) is 25.5 Å². The van der Waals surface area contributed by atoms with Crippen molar-refractivity contribution in [3.05, 3.63) is 42.0 Å². The highest BCUT2D eigenvalue weighted by atomic mass is 19.1. The zero-order valence-corrected chi connectivity index (χ0v) is 13.4. The molecule has 4 rings (SSSR count). The van der Waals surface area contributed by atoms with Crippen LogP contribution in [0.1, 0.15) is 42.1 Å². The van der Waals surface area contributed by atoms with Crippen LogP contribution in [0.2, 0.25) is 0 Å². The third-order valence-electron chi connectivity index (χ3n) is 5.10. The van der Waals surface area contributed by atoms with Crippen molar-refractivity contribution in [2.24, 2.45) is 0 Å². The number of aromatic nitrogens is 3. The Hall–Kier alpha value is -2.44. The van der Waals surface area contributed by atoms with Crippen molar-refractivity contribution in [1.29, 1.82) is 0 Å². The van der Waals surface area contributed by atoms with E-state index in [0.29, 0.717) is 5.56 Å². The summed E-state index contributed by atoms with van der Waals surface area (Å²) in [4.78, 5) is 16.6. The summed E-state index contributed by atoms with van der Waals surface area (Å²) in [5, 5.41) is 8.47. The van der Waals surface area contributed by atoms with E-state index in [1.54, 1.807) is 23.3 Å². The molecule has 2 bridgehead atoms. The first kappa shape index (κ1) is 15.1. The van der Waals surface area contributed by atoms with Gasteiger partial charge in [0.2, 0.25) is 0 Å². The fourth-order valence-corrected chi connectivity index (χ4v) is 4.03. The van der Waals surface area contributed by atoms with Crippen molar-refractivity contribution < 1.29 is 13.9 Å². The van der Waals surface area contributed by atoms with Crippen molar-refractivity contribution in [2.75, 3.05) is 7.11 Å². The number of rotatable bonds is 3. The van der Waals surface area contributed by atoms with E-state index < -0.39 is 5.82 Å². The van der Waals surface area contributed by atoms with Crippen LogP contribution < -0.4 is 4.74 Å². The fraction of sp³-hybridized carbons (Fsp3) is 0.471. The Morgan fingerprint density at radius 1 is 1.17 bits per heavy atom. The highest BCUT2D eigenvalue weighted by Crippen LogP contribution is 2.41. The third-order valence-corrected chi connectivity index (χ3v) is 5.10. The molecular weight excluding hydrogens is 311 g/mol. The van der Waals surface area contributed by atoms with Crippen LogP contribution in [0.3, 0.4) is 0 Å². The van der Waals surface area contributed by atoms with E-state index in [1.165, 1.54) is 19.2 Å². The smallest absolute Gasteiger partial charge is 0.254 e. The molecule has 6 nitrogen and oxygen atoms in total. The van der Waals surface area contributed by atoms with Gasteiger partial charge in [-0.2, -0.15) is 15.0 Å². The van der Waals surface area contributed by atoms with Crippen molar-refractivity contribution in [1.82, 2.24) is 19.9 Å². The number of nitrogens with zero attached hydrogens (tertiary/aromatic N) is 4. The molecule has 0 radical (unpaired) electrons. The maximum atomic E-state index is 13.9. The zero-order valence-electron chi connectivity index (χ0n) is 13.4. The topological polar surface area (TPSA) is 60.2 Å². The number of hydrogen-bond acceptors (Lipinski definition) is 4. The van der Waals surface area contributed by atoms with Crippen molar-refractivity contribution >= 4 is 5.91 Å². The minimum absolute atomic E-state index is 0.101. The van der Waals surface area contributed by atoms with Crippen molar-refractivity contribution in [3.63, 3.8) is 0 Å². The van der Waals surface area contributed by atoms with Crippen molar-refractivity contribution in [3.8, 4) is 5.75 Å². The molecule has 7 heteroatoms. The van der Waals surface area contributed by atoms with Crippen molar-refractivity contribution in [2.45, 2.75) is 43.8 Å². The van der Waals surface area contributed by atoms with Gasteiger partial charge in [0.15, 0.2) is 11.6 Å². The predicted octanol–water partition coefficient (Wildman–Crippen LogP) is 2.43. The molecule has 3 heterocycles. The molecule has 1 aromatic carbocycles. The van der Waals surface area contributed by atoms with Crippen LogP contribution in [0.25, 0.3) is 0 Å². The number of ether oxygens (including phenoxy) is 1. The van der Waals surface area contributed by atoms with Crippen LogP contribution >= 0.6 is 0 Å². The fourth-order valence-electron chi connectivity index (χ4n) is 4.03. The number of fused-ring (bicyclic) bond motifs is 2. The molecule has 2 aliphatic heterocycles. The molecule has 0 N–H and O–H groups in total. The van der Waals surface area contributed by atoms with Gasteiger partial charge in [0.25, 0.3) is 5.91 Å². The maximum absolute atomic E-state index is 13.9. The SMILES string of the molecule is COc1ccc(C(=O)N2C3CCC2CC(n2nccn2)C3)cc1F. The van der Waals surface area contributed by atoms with E-state index in [4.69, 9.17) is 4.74 Å². The van der Waals surface area contributed by atoms with E-state index in [2.05, 4.69) is 10.2 Å². The summed E-state index contributed by atoms with van der Waals surface area (Å²) in [6, 6.07) is 4.96. The van der Waals surface area contributed by atoms with Crippen LogP contribution in [0.15, 0.2) is 30.6 Å². The molecule has 0 saturated carbocycles. The molecule has 0 spiro atoms. The Balaban J connectivity index is 1.55. The molecule has 2 atom stereocenters. The number of hydrogen-bond donors (Lipinski definition) is 0. The first-order chi connectivity index (χ1) is 11.7. The molecule has 2 saturated heterocycles. The summed E-state index contributed by atoms with van der Waals surface area (Å²) in [7, 11) is 1.41. The van der Waals surface area contributed by atoms with Crippen LogP contribution in [0.4, 0.5) is 4.39 Å². The normalized spacial score (nSPS) is 25.8. The highest BCUT2D eigenvalue weighted by molar-refractivity contribution is 5.95. The van der Waals surface area contributed by atoms with Gasteiger partial charge in [-0.05, 0) is 43.9 Å². The van der Waals surface area contributed by atoms with E-state index in [9.17, 15) is 9.18 Å². The predicted molar refractivity (Wildman–Crippen MR) is 84.2 cm³/mol. The number of carbonyl (C=O) groups is 1. The lowest BCUT2D eigenvalue weighted by Gasteiger charge is -2.38. The molecular formula is C17H19FN4O2. The molecule has 126 valence electrons. The summed E-state index contributed by atoms with van der Waals surface area (Å²) < 4.78 is 18.8. The Bertz CT molecular complexity index is 735. The average molecular weight is 330 g/mol. The molecule has 2 fully saturated rings. The van der Waals surface area contributed by atoms with Gasteiger partial charge in [-0.15, -0.1) is 0 Å². The van der Waals surface area contributed by atoms with E-state index >= 15 is 0 Å². The molecule has 2 aliphatic rings. The van der Waals surface area contributed by atoms with Gasteiger partial charge in [-0.3, -0.25) is 4.79 Å². The first-order valence-corrected chi connectivity index (χ1v) is 8.19. The van der Waals surface area contributed by atoms with Gasteiger partial charge >= 0.3 is 0 Å². The lowest BCUT2D eigenvalue weighted by molar-refractivity contribution is 0.0511. The maximum Gasteiger partial charge on any atom is 0.254 e. The number of halogens is 1. The Morgan fingerprint density at radius 3 is 2.42 bits per heavy atom. The second-order valence-electron chi connectivity index (χ2n) is 6.42. The lowest BCUT2D eigenvalue weighted by Crippen LogP contribution is -2.47. The summed E-state index contributed by atoms with van der Waals surface area (Å²) in [5.41, 5.74) is 0.376. The average Bonchev–Trinajstić information content (AvgIpc) is 3.21. The Kier molecular flexibility index (Phi) is 3.70. The number of amides is 1. The quantitative estimate of drug-likeness (QED) is 0.867. The van der Waals surface area contributed by atoms with Crippen LogP contribution in [0, 0.1) is 5.82 Å². The molecule has 2 unspecified atom stereocenters. The van der Waals surface area contributed by atoms with Gasteiger partial charge in [-0.25, -0.2) is 4.39 Å². The molecule has 24 heavy (non-hydrogen) atoms. The van der Waals surface area contributed by atoms with E-state index in [1.807, 2.05) is 4.90 Å². The first-order valence-electron chi connectivity index (χ1n) is 8.19. The number of benzene rings is 1. The standard InChI is InChI=1S/C17H19FN4O2/c1-24-16-5-2-11(8-15(16)18)17(23)21-12-3-4-13(21)10-14(9-12)22-19-6-7-20-22/h2,5-8,12-14H,3-4,9-10H2,1H3. The van der Waals surface area contributed by atoms with Gasteiger partial charge in [0.1, 0.15) is 0 Å². The summed E-state index contributed by atoms with van der Waals surface area (Å²) in [6.07, 6.45) is 7.00. The number of carbonyl (C=O) groups excluding carboxylic acids is 1.